The first-order valence-corrected chi connectivity index (χ1v) is 13.2. The van der Waals surface area contributed by atoms with Crippen LogP contribution in [0.4, 0.5) is 0 Å². The molecule has 0 aromatic rings. The van der Waals surface area contributed by atoms with Crippen LogP contribution in [0.25, 0.3) is 0 Å². The number of esters is 1. The Hall–Kier alpha value is -0.943. The van der Waals surface area contributed by atoms with Crippen molar-refractivity contribution in [2.75, 3.05) is 6.61 Å². The summed E-state index contributed by atoms with van der Waals surface area (Å²) in [7, 11) is -2.01. The van der Waals surface area contributed by atoms with Crippen LogP contribution in [-0.2, 0) is 18.8 Å². The molecule has 2 fully saturated rings. The van der Waals surface area contributed by atoms with Gasteiger partial charge >= 0.3 is 5.97 Å². The lowest BCUT2D eigenvalue weighted by Gasteiger charge is -2.54. The van der Waals surface area contributed by atoms with E-state index < -0.39 is 13.7 Å². The number of carbonyl (C=O) groups excluding carboxylic acids is 2. The van der Waals surface area contributed by atoms with Crippen molar-refractivity contribution < 1.29 is 18.8 Å². The van der Waals surface area contributed by atoms with Gasteiger partial charge in [-0.15, -0.1) is 0 Å². The maximum absolute atomic E-state index is 13.1. The van der Waals surface area contributed by atoms with Gasteiger partial charge in [-0.25, -0.2) is 0 Å². The van der Waals surface area contributed by atoms with Gasteiger partial charge in [-0.3, -0.25) is 9.59 Å². The standard InChI is InChI=1S/C22H36O4Si/c1-20(2,3)27(7,8)26-17-9-11-21(4,5)16-13-15(23)18(22(16,17)6)14-10-12-25-19(14)24/h13-14,17-18H,9-12H2,1-8H3/t14?,17-,18-,22+/m1/s1. The van der Waals surface area contributed by atoms with Gasteiger partial charge in [-0.1, -0.05) is 47.1 Å². The lowest BCUT2D eigenvalue weighted by Crippen LogP contribution is -2.55. The Morgan fingerprint density at radius 1 is 1.15 bits per heavy atom. The lowest BCUT2D eigenvalue weighted by molar-refractivity contribution is -0.148. The van der Waals surface area contributed by atoms with Crippen LogP contribution in [0.1, 0.15) is 60.8 Å². The summed E-state index contributed by atoms with van der Waals surface area (Å²) in [6.45, 7) is 18.3. The molecule has 3 aliphatic rings. The van der Waals surface area contributed by atoms with Gasteiger partial charge in [0.2, 0.25) is 0 Å². The number of carbonyl (C=O) groups is 2. The number of hydrogen-bond donors (Lipinski definition) is 0. The van der Waals surface area contributed by atoms with E-state index in [0.29, 0.717) is 13.0 Å². The van der Waals surface area contributed by atoms with Gasteiger partial charge in [0, 0.05) is 11.3 Å². The highest BCUT2D eigenvalue weighted by Gasteiger charge is 2.62. The molecule has 152 valence electrons. The highest BCUT2D eigenvalue weighted by molar-refractivity contribution is 6.74. The third kappa shape index (κ3) is 3.15. The average Bonchev–Trinajstić information content (AvgIpc) is 3.03. The fraction of sp³-hybridized carbons (Fsp3) is 0.818. The second-order valence-corrected chi connectivity index (χ2v) is 15.8. The molecule has 1 heterocycles. The van der Waals surface area contributed by atoms with Crippen molar-refractivity contribution >= 4 is 20.1 Å². The van der Waals surface area contributed by atoms with Crippen molar-refractivity contribution in [1.82, 2.24) is 0 Å². The summed E-state index contributed by atoms with van der Waals surface area (Å²) in [5.74, 6) is -0.804. The van der Waals surface area contributed by atoms with Crippen molar-refractivity contribution in [3.05, 3.63) is 11.6 Å². The highest BCUT2D eigenvalue weighted by atomic mass is 28.4. The molecule has 27 heavy (non-hydrogen) atoms. The smallest absolute Gasteiger partial charge is 0.309 e. The summed E-state index contributed by atoms with van der Waals surface area (Å²) < 4.78 is 12.2. The van der Waals surface area contributed by atoms with Gasteiger partial charge < -0.3 is 9.16 Å². The number of rotatable bonds is 3. The first-order chi connectivity index (χ1) is 12.2. The Bertz CT molecular complexity index is 685. The van der Waals surface area contributed by atoms with Crippen LogP contribution >= 0.6 is 0 Å². The molecule has 1 aliphatic heterocycles. The first-order valence-electron chi connectivity index (χ1n) is 10.3. The van der Waals surface area contributed by atoms with E-state index >= 15 is 0 Å². The number of cyclic esters (lactones) is 1. The van der Waals surface area contributed by atoms with E-state index in [9.17, 15) is 9.59 Å². The maximum Gasteiger partial charge on any atom is 0.309 e. The molecule has 3 rings (SSSR count). The summed E-state index contributed by atoms with van der Waals surface area (Å²) in [6.07, 6.45) is 4.39. The van der Waals surface area contributed by atoms with Gasteiger partial charge in [0.1, 0.15) is 0 Å². The summed E-state index contributed by atoms with van der Waals surface area (Å²) in [6, 6.07) is 0. The molecule has 1 saturated carbocycles. The average molecular weight is 393 g/mol. The third-order valence-electron chi connectivity index (χ3n) is 7.87. The van der Waals surface area contributed by atoms with Crippen molar-refractivity contribution in [2.24, 2.45) is 22.7 Å². The molecule has 0 radical (unpaired) electrons. The molecule has 1 unspecified atom stereocenters. The van der Waals surface area contributed by atoms with Crippen LogP contribution in [0, 0.1) is 22.7 Å². The zero-order valence-electron chi connectivity index (χ0n) is 18.3. The molecule has 0 aromatic heterocycles. The fourth-order valence-corrected chi connectivity index (χ4v) is 6.65. The SMILES string of the molecule is CC1(C)CC[C@@H](O[Si](C)(C)C(C)(C)C)[C@]2(C)C1=CC(=O)[C@H]2C1CCOC1=O. The molecule has 0 N–H and O–H groups in total. The van der Waals surface area contributed by atoms with Gasteiger partial charge in [-0.2, -0.15) is 0 Å². The fourth-order valence-electron chi connectivity index (χ4n) is 5.22. The van der Waals surface area contributed by atoms with E-state index in [2.05, 4.69) is 54.6 Å². The van der Waals surface area contributed by atoms with Crippen molar-refractivity contribution in [1.29, 1.82) is 0 Å². The van der Waals surface area contributed by atoms with Crippen LogP contribution in [0.2, 0.25) is 18.1 Å². The van der Waals surface area contributed by atoms with Crippen molar-refractivity contribution in [2.45, 2.75) is 85.0 Å². The predicted octanol–water partition coefficient (Wildman–Crippen LogP) is 4.89. The Morgan fingerprint density at radius 2 is 1.78 bits per heavy atom. The molecule has 0 aromatic carbocycles. The Kier molecular flexibility index (Phi) is 4.83. The first kappa shape index (κ1) is 20.8. The van der Waals surface area contributed by atoms with E-state index in [1.54, 1.807) is 0 Å². The van der Waals surface area contributed by atoms with Crippen molar-refractivity contribution in [3.8, 4) is 0 Å². The molecule has 4 atom stereocenters. The van der Waals surface area contributed by atoms with E-state index in [-0.39, 0.29) is 40.1 Å². The van der Waals surface area contributed by atoms with Crippen LogP contribution in [0.15, 0.2) is 11.6 Å². The van der Waals surface area contributed by atoms with E-state index in [1.165, 1.54) is 5.57 Å². The number of allylic oxidation sites excluding steroid dienone is 1. The molecule has 1 saturated heterocycles. The second kappa shape index (κ2) is 6.28. The van der Waals surface area contributed by atoms with E-state index in [0.717, 1.165) is 12.8 Å². The van der Waals surface area contributed by atoms with Gasteiger partial charge in [0.05, 0.1) is 18.6 Å². The zero-order chi connectivity index (χ0) is 20.4. The summed E-state index contributed by atoms with van der Waals surface area (Å²) in [5.41, 5.74) is 0.705. The maximum atomic E-state index is 13.1. The quantitative estimate of drug-likeness (QED) is 0.507. The molecule has 0 spiro atoms. The third-order valence-corrected chi connectivity index (χ3v) is 12.4. The molecule has 0 amide bonds. The lowest BCUT2D eigenvalue weighted by atomic mass is 9.55. The number of ether oxygens (including phenoxy) is 1. The minimum Gasteiger partial charge on any atom is -0.465 e. The van der Waals surface area contributed by atoms with E-state index in [1.807, 2.05) is 6.08 Å². The minimum atomic E-state index is -2.01. The van der Waals surface area contributed by atoms with Crippen LogP contribution < -0.4 is 0 Å². The highest BCUT2D eigenvalue weighted by Crippen LogP contribution is 2.61. The Balaban J connectivity index is 2.04. The zero-order valence-corrected chi connectivity index (χ0v) is 19.3. The van der Waals surface area contributed by atoms with Crippen LogP contribution in [0.5, 0.6) is 0 Å². The molecular formula is C22H36O4Si. The van der Waals surface area contributed by atoms with Gasteiger partial charge in [0.15, 0.2) is 14.1 Å². The second-order valence-electron chi connectivity index (χ2n) is 11.1. The number of ketones is 1. The largest absolute Gasteiger partial charge is 0.465 e. The number of hydrogen-bond acceptors (Lipinski definition) is 4. The minimum absolute atomic E-state index is 0.0254. The normalized spacial score (nSPS) is 36.4. The monoisotopic (exact) mass is 392 g/mol. The van der Waals surface area contributed by atoms with Gasteiger partial charge in [-0.05, 0) is 48.9 Å². The van der Waals surface area contributed by atoms with Gasteiger partial charge in [0.25, 0.3) is 0 Å². The predicted molar refractivity (Wildman–Crippen MR) is 109 cm³/mol. The van der Waals surface area contributed by atoms with Crippen LogP contribution in [0.3, 0.4) is 0 Å². The molecule has 4 nitrogen and oxygen atoms in total. The molecule has 0 bridgehead atoms. The number of fused-ring (bicyclic) bond motifs is 1. The molecular weight excluding hydrogens is 356 g/mol. The van der Waals surface area contributed by atoms with Crippen molar-refractivity contribution in [3.63, 3.8) is 0 Å². The summed E-state index contributed by atoms with van der Waals surface area (Å²) in [5, 5.41) is 0.102. The van der Waals surface area contributed by atoms with E-state index in [4.69, 9.17) is 9.16 Å². The Morgan fingerprint density at radius 3 is 2.30 bits per heavy atom. The summed E-state index contributed by atoms with van der Waals surface area (Å²) in [4.78, 5) is 25.6. The Labute approximate surface area is 165 Å². The summed E-state index contributed by atoms with van der Waals surface area (Å²) >= 11 is 0. The molecule has 2 aliphatic carbocycles. The topological polar surface area (TPSA) is 52.6 Å². The van der Waals surface area contributed by atoms with Crippen LogP contribution in [-0.4, -0.2) is 32.8 Å². The molecule has 5 heteroatoms.